The van der Waals surface area contributed by atoms with E-state index in [1.165, 1.54) is 25.7 Å². The molecule has 1 fully saturated rings. The van der Waals surface area contributed by atoms with Gasteiger partial charge < -0.3 is 5.11 Å². The molecule has 60 valence electrons. The number of rotatable bonds is 3. The van der Waals surface area contributed by atoms with Crippen LogP contribution in [0.15, 0.2) is 0 Å². The smallest absolute Gasteiger partial charge is 0.0464 e. The number of hydrogen-bond acceptors (Lipinski definition) is 1. The SMILES string of the molecule is CCC1(CC)CCC1CO. The van der Waals surface area contributed by atoms with Crippen LogP contribution in [0.5, 0.6) is 0 Å². The third-order valence-electron chi connectivity index (χ3n) is 3.49. The Morgan fingerprint density at radius 3 is 2.10 bits per heavy atom. The van der Waals surface area contributed by atoms with Crippen molar-refractivity contribution in [3.8, 4) is 0 Å². The lowest BCUT2D eigenvalue weighted by Crippen LogP contribution is -2.41. The first-order chi connectivity index (χ1) is 4.79. The molecule has 0 heterocycles. The van der Waals surface area contributed by atoms with Crippen molar-refractivity contribution in [2.24, 2.45) is 11.3 Å². The highest BCUT2D eigenvalue weighted by molar-refractivity contribution is 4.93. The van der Waals surface area contributed by atoms with E-state index >= 15 is 0 Å². The maximum atomic E-state index is 8.98. The van der Waals surface area contributed by atoms with Crippen LogP contribution < -0.4 is 0 Å². The maximum absolute atomic E-state index is 8.98. The minimum atomic E-state index is 0.404. The molecule has 1 rings (SSSR count). The fourth-order valence-corrected chi connectivity index (χ4v) is 2.22. The molecule has 1 aliphatic carbocycles. The highest BCUT2D eigenvalue weighted by Crippen LogP contribution is 2.51. The lowest BCUT2D eigenvalue weighted by atomic mass is 9.57. The second-order valence-corrected chi connectivity index (χ2v) is 3.49. The summed E-state index contributed by atoms with van der Waals surface area (Å²) in [7, 11) is 0. The van der Waals surface area contributed by atoms with E-state index in [0.717, 1.165) is 0 Å². The fraction of sp³-hybridized carbons (Fsp3) is 1.00. The Morgan fingerprint density at radius 1 is 1.40 bits per heavy atom. The summed E-state index contributed by atoms with van der Waals surface area (Å²) in [6.07, 6.45) is 5.08. The second kappa shape index (κ2) is 2.91. The molecule has 0 aromatic rings. The zero-order valence-electron chi connectivity index (χ0n) is 7.06. The minimum Gasteiger partial charge on any atom is -0.396 e. The van der Waals surface area contributed by atoms with Gasteiger partial charge in [-0.25, -0.2) is 0 Å². The highest BCUT2D eigenvalue weighted by Gasteiger charge is 2.42. The van der Waals surface area contributed by atoms with Gasteiger partial charge in [0.15, 0.2) is 0 Å². The zero-order chi connectivity index (χ0) is 7.61. The predicted molar refractivity (Wildman–Crippen MR) is 42.8 cm³/mol. The Kier molecular flexibility index (Phi) is 2.35. The summed E-state index contributed by atoms with van der Waals surface area (Å²) in [5.74, 6) is 0.613. The van der Waals surface area contributed by atoms with Crippen LogP contribution in [0.3, 0.4) is 0 Å². The van der Waals surface area contributed by atoms with Gasteiger partial charge in [-0.15, -0.1) is 0 Å². The van der Waals surface area contributed by atoms with Gasteiger partial charge in [-0.05, 0) is 24.2 Å². The Morgan fingerprint density at radius 2 is 2.00 bits per heavy atom. The van der Waals surface area contributed by atoms with Crippen LogP contribution in [-0.2, 0) is 0 Å². The second-order valence-electron chi connectivity index (χ2n) is 3.49. The largest absolute Gasteiger partial charge is 0.396 e. The van der Waals surface area contributed by atoms with Crippen molar-refractivity contribution in [3.63, 3.8) is 0 Å². The summed E-state index contributed by atoms with van der Waals surface area (Å²) in [5.41, 5.74) is 0.523. The first kappa shape index (κ1) is 8.06. The molecule has 0 aromatic heterocycles. The van der Waals surface area contributed by atoms with Crippen molar-refractivity contribution in [3.05, 3.63) is 0 Å². The lowest BCUT2D eigenvalue weighted by molar-refractivity contribution is -0.0180. The van der Waals surface area contributed by atoms with Crippen LogP contribution in [0.1, 0.15) is 39.5 Å². The first-order valence-corrected chi connectivity index (χ1v) is 4.40. The van der Waals surface area contributed by atoms with Gasteiger partial charge in [0, 0.05) is 6.61 Å². The quantitative estimate of drug-likeness (QED) is 0.640. The number of aliphatic hydroxyl groups is 1. The molecule has 1 aliphatic rings. The van der Waals surface area contributed by atoms with Gasteiger partial charge in [-0.2, -0.15) is 0 Å². The molecule has 1 saturated carbocycles. The van der Waals surface area contributed by atoms with E-state index in [9.17, 15) is 0 Å². The summed E-state index contributed by atoms with van der Waals surface area (Å²) in [6.45, 7) is 4.89. The Balaban J connectivity index is 2.48. The van der Waals surface area contributed by atoms with E-state index in [1.54, 1.807) is 0 Å². The van der Waals surface area contributed by atoms with Crippen molar-refractivity contribution < 1.29 is 5.11 Å². The summed E-state index contributed by atoms with van der Waals surface area (Å²) < 4.78 is 0. The molecule has 0 amide bonds. The molecule has 0 aromatic carbocycles. The first-order valence-electron chi connectivity index (χ1n) is 4.40. The third kappa shape index (κ3) is 0.968. The number of hydrogen-bond donors (Lipinski definition) is 1. The van der Waals surface area contributed by atoms with E-state index < -0.39 is 0 Å². The molecule has 0 radical (unpaired) electrons. The molecule has 0 saturated heterocycles. The lowest BCUT2D eigenvalue weighted by Gasteiger charge is -2.48. The van der Waals surface area contributed by atoms with Crippen molar-refractivity contribution in [1.82, 2.24) is 0 Å². The average Bonchev–Trinajstić information content (AvgIpc) is 1.90. The van der Waals surface area contributed by atoms with E-state index in [0.29, 0.717) is 17.9 Å². The van der Waals surface area contributed by atoms with Gasteiger partial charge in [-0.3, -0.25) is 0 Å². The predicted octanol–water partition coefficient (Wildman–Crippen LogP) is 2.20. The van der Waals surface area contributed by atoms with E-state index in [-0.39, 0.29) is 0 Å². The molecule has 0 spiro atoms. The molecule has 1 atom stereocenters. The molecule has 1 N–H and O–H groups in total. The number of aliphatic hydroxyl groups excluding tert-OH is 1. The standard InChI is InChI=1S/C9H18O/c1-3-9(4-2)6-5-8(9)7-10/h8,10H,3-7H2,1-2H3. The van der Waals surface area contributed by atoms with E-state index in [2.05, 4.69) is 13.8 Å². The molecule has 1 unspecified atom stereocenters. The van der Waals surface area contributed by atoms with Crippen LogP contribution in [0.2, 0.25) is 0 Å². The highest BCUT2D eigenvalue weighted by atomic mass is 16.3. The van der Waals surface area contributed by atoms with Gasteiger partial charge >= 0.3 is 0 Å². The average molecular weight is 142 g/mol. The van der Waals surface area contributed by atoms with Crippen LogP contribution in [-0.4, -0.2) is 11.7 Å². The monoisotopic (exact) mass is 142 g/mol. The summed E-state index contributed by atoms with van der Waals surface area (Å²) >= 11 is 0. The van der Waals surface area contributed by atoms with Gasteiger partial charge in [-0.1, -0.05) is 26.7 Å². The van der Waals surface area contributed by atoms with E-state index in [1.807, 2.05) is 0 Å². The topological polar surface area (TPSA) is 20.2 Å². The fourth-order valence-electron chi connectivity index (χ4n) is 2.22. The molecule has 1 heteroatoms. The Bertz CT molecular complexity index is 97.8. The van der Waals surface area contributed by atoms with Gasteiger partial charge in [0.25, 0.3) is 0 Å². The van der Waals surface area contributed by atoms with Crippen LogP contribution in [0.25, 0.3) is 0 Å². The molecule has 1 nitrogen and oxygen atoms in total. The maximum Gasteiger partial charge on any atom is 0.0464 e. The molecule has 10 heavy (non-hydrogen) atoms. The molecular formula is C9H18O. The minimum absolute atomic E-state index is 0.404. The summed E-state index contributed by atoms with van der Waals surface area (Å²) in [4.78, 5) is 0. The van der Waals surface area contributed by atoms with Crippen molar-refractivity contribution in [2.75, 3.05) is 6.61 Å². The Labute approximate surface area is 63.4 Å². The van der Waals surface area contributed by atoms with Crippen LogP contribution in [0.4, 0.5) is 0 Å². The van der Waals surface area contributed by atoms with Gasteiger partial charge in [0.05, 0.1) is 0 Å². The normalized spacial score (nSPS) is 29.7. The van der Waals surface area contributed by atoms with Crippen LogP contribution >= 0.6 is 0 Å². The summed E-state index contributed by atoms with van der Waals surface area (Å²) in [5, 5.41) is 8.98. The van der Waals surface area contributed by atoms with Crippen LogP contribution in [0, 0.1) is 11.3 Å². The summed E-state index contributed by atoms with van der Waals surface area (Å²) in [6, 6.07) is 0. The van der Waals surface area contributed by atoms with Crippen molar-refractivity contribution in [2.45, 2.75) is 39.5 Å². The zero-order valence-corrected chi connectivity index (χ0v) is 7.06. The van der Waals surface area contributed by atoms with Crippen molar-refractivity contribution in [1.29, 1.82) is 0 Å². The third-order valence-corrected chi connectivity index (χ3v) is 3.49. The van der Waals surface area contributed by atoms with Crippen molar-refractivity contribution >= 4 is 0 Å². The van der Waals surface area contributed by atoms with E-state index in [4.69, 9.17) is 5.11 Å². The molecular weight excluding hydrogens is 124 g/mol. The Hall–Kier alpha value is -0.0400. The van der Waals surface area contributed by atoms with Gasteiger partial charge in [0.2, 0.25) is 0 Å². The molecule has 0 aliphatic heterocycles. The van der Waals surface area contributed by atoms with Gasteiger partial charge in [0.1, 0.15) is 0 Å². The molecule has 0 bridgehead atoms.